The fourth-order valence-corrected chi connectivity index (χ4v) is 3.54. The van der Waals surface area contributed by atoms with Gasteiger partial charge in [0.1, 0.15) is 5.82 Å². The molecule has 0 radical (unpaired) electrons. The predicted octanol–water partition coefficient (Wildman–Crippen LogP) is 3.42. The first-order valence-corrected chi connectivity index (χ1v) is 8.16. The van der Waals surface area contributed by atoms with Gasteiger partial charge < -0.3 is 10.2 Å². The summed E-state index contributed by atoms with van der Waals surface area (Å²) >= 11 is 9.93. The Hall–Kier alpha value is -1.59. The zero-order valence-corrected chi connectivity index (χ0v) is 14.4. The van der Waals surface area contributed by atoms with E-state index in [2.05, 4.69) is 31.1 Å². The molecule has 0 spiro atoms. The highest BCUT2D eigenvalue weighted by atomic mass is 79.9. The van der Waals surface area contributed by atoms with E-state index in [0.717, 1.165) is 28.0 Å². The second-order valence-electron chi connectivity index (χ2n) is 5.11. The number of pyridine rings is 1. The topological polar surface area (TPSA) is 45.2 Å². The van der Waals surface area contributed by atoms with E-state index in [1.807, 2.05) is 12.1 Å². The van der Waals surface area contributed by atoms with Crippen LogP contribution in [0.3, 0.4) is 0 Å². The minimum absolute atomic E-state index is 0.130. The van der Waals surface area contributed by atoms with Gasteiger partial charge in [0.05, 0.1) is 5.56 Å². The summed E-state index contributed by atoms with van der Waals surface area (Å²) in [5.74, 6) is 0.567. The zero-order valence-electron chi connectivity index (χ0n) is 12.1. The van der Waals surface area contributed by atoms with E-state index in [9.17, 15) is 4.79 Å². The average Bonchev–Trinajstić information content (AvgIpc) is 2.57. The first-order chi connectivity index (χ1) is 10.6. The molecule has 4 nitrogen and oxygen atoms in total. The van der Waals surface area contributed by atoms with Crippen molar-refractivity contribution in [2.75, 3.05) is 18.5 Å². The van der Waals surface area contributed by atoms with Crippen LogP contribution >= 0.6 is 27.5 Å². The first-order valence-electron chi connectivity index (χ1n) is 6.99. The van der Waals surface area contributed by atoms with Gasteiger partial charge in [0, 0.05) is 35.8 Å². The molecule has 0 aliphatic carbocycles. The molecule has 0 saturated heterocycles. The molecular formula is C16H15BrClN3O. The average molecular weight is 381 g/mol. The summed E-state index contributed by atoms with van der Waals surface area (Å²) in [6.45, 7) is 1.45. The van der Waals surface area contributed by atoms with E-state index in [1.54, 1.807) is 25.4 Å². The molecule has 1 aliphatic heterocycles. The molecule has 1 amide bonds. The van der Waals surface area contributed by atoms with Crippen molar-refractivity contribution >= 4 is 39.3 Å². The lowest BCUT2D eigenvalue weighted by Gasteiger charge is -2.32. The van der Waals surface area contributed by atoms with Gasteiger partial charge in [-0.3, -0.25) is 4.79 Å². The normalized spacial score (nSPS) is 13.7. The molecule has 0 bridgehead atoms. The SMILES string of the molecule is CNC(=O)c1cccnc1N1CCc2c(Br)ccc(Cl)c2C1. The molecule has 114 valence electrons. The van der Waals surface area contributed by atoms with Crippen molar-refractivity contribution in [2.24, 2.45) is 0 Å². The largest absolute Gasteiger partial charge is 0.355 e. The molecule has 6 heteroatoms. The minimum atomic E-state index is -0.130. The standard InChI is InChI=1S/C16H15BrClN3O/c1-19-16(22)11-3-2-7-20-15(11)21-8-6-10-12(9-21)14(18)5-4-13(10)17/h2-5,7H,6,8-9H2,1H3,(H,19,22). The van der Waals surface area contributed by atoms with Crippen LogP contribution in [-0.2, 0) is 13.0 Å². The number of halogens is 2. The maximum Gasteiger partial charge on any atom is 0.254 e. The van der Waals surface area contributed by atoms with Crippen molar-refractivity contribution in [3.05, 3.63) is 56.6 Å². The molecule has 0 unspecified atom stereocenters. The number of hydrogen-bond donors (Lipinski definition) is 1. The number of aromatic nitrogens is 1. The van der Waals surface area contributed by atoms with E-state index in [4.69, 9.17) is 11.6 Å². The smallest absolute Gasteiger partial charge is 0.254 e. The van der Waals surface area contributed by atoms with Gasteiger partial charge in [0.15, 0.2) is 0 Å². The maximum absolute atomic E-state index is 12.0. The van der Waals surface area contributed by atoms with Crippen LogP contribution in [0.1, 0.15) is 21.5 Å². The van der Waals surface area contributed by atoms with Crippen LogP contribution in [0, 0.1) is 0 Å². The van der Waals surface area contributed by atoms with Crippen molar-refractivity contribution in [3.63, 3.8) is 0 Å². The Balaban J connectivity index is 1.99. The van der Waals surface area contributed by atoms with Gasteiger partial charge in [-0.05, 0) is 41.8 Å². The number of rotatable bonds is 2. The Morgan fingerprint density at radius 3 is 2.95 bits per heavy atom. The summed E-state index contributed by atoms with van der Waals surface area (Å²) < 4.78 is 1.08. The van der Waals surface area contributed by atoms with Gasteiger partial charge in [-0.15, -0.1) is 0 Å². The quantitative estimate of drug-likeness (QED) is 0.868. The van der Waals surface area contributed by atoms with Crippen LogP contribution in [0.2, 0.25) is 5.02 Å². The van der Waals surface area contributed by atoms with E-state index in [1.165, 1.54) is 5.56 Å². The van der Waals surface area contributed by atoms with Crippen molar-refractivity contribution in [2.45, 2.75) is 13.0 Å². The van der Waals surface area contributed by atoms with Crippen LogP contribution < -0.4 is 10.2 Å². The van der Waals surface area contributed by atoms with E-state index < -0.39 is 0 Å². The zero-order chi connectivity index (χ0) is 15.7. The molecule has 3 rings (SSSR count). The third kappa shape index (κ3) is 2.71. The summed E-state index contributed by atoms with van der Waals surface area (Å²) in [6.07, 6.45) is 2.57. The molecule has 2 aromatic rings. The highest BCUT2D eigenvalue weighted by Gasteiger charge is 2.24. The lowest BCUT2D eigenvalue weighted by molar-refractivity contribution is 0.0963. The molecule has 0 saturated carbocycles. The Morgan fingerprint density at radius 1 is 1.36 bits per heavy atom. The summed E-state index contributed by atoms with van der Waals surface area (Å²) in [5, 5.41) is 3.41. The third-order valence-electron chi connectivity index (χ3n) is 3.86. The highest BCUT2D eigenvalue weighted by Crippen LogP contribution is 2.34. The summed E-state index contributed by atoms with van der Waals surface area (Å²) in [5.41, 5.74) is 2.91. The highest BCUT2D eigenvalue weighted by molar-refractivity contribution is 9.10. The van der Waals surface area contributed by atoms with E-state index >= 15 is 0 Å². The predicted molar refractivity (Wildman–Crippen MR) is 91.5 cm³/mol. The third-order valence-corrected chi connectivity index (χ3v) is 4.95. The fourth-order valence-electron chi connectivity index (χ4n) is 2.74. The summed E-state index contributed by atoms with van der Waals surface area (Å²) in [4.78, 5) is 18.5. The lowest BCUT2D eigenvalue weighted by Crippen LogP contribution is -2.33. The van der Waals surface area contributed by atoms with Crippen LogP contribution in [0.5, 0.6) is 0 Å². The van der Waals surface area contributed by atoms with Gasteiger partial charge in [-0.25, -0.2) is 4.98 Å². The van der Waals surface area contributed by atoms with Gasteiger partial charge in [0.25, 0.3) is 5.91 Å². The first kappa shape index (κ1) is 15.3. The molecule has 1 aliphatic rings. The number of fused-ring (bicyclic) bond motifs is 1. The van der Waals surface area contributed by atoms with Gasteiger partial charge in [0.2, 0.25) is 0 Å². The van der Waals surface area contributed by atoms with Gasteiger partial charge in [-0.2, -0.15) is 0 Å². The Bertz CT molecular complexity index is 735. The number of hydrogen-bond acceptors (Lipinski definition) is 3. The molecule has 0 atom stereocenters. The Labute approximate surface area is 142 Å². The van der Waals surface area contributed by atoms with Crippen molar-refractivity contribution < 1.29 is 4.79 Å². The molecule has 0 fully saturated rings. The number of benzene rings is 1. The number of nitrogens with zero attached hydrogens (tertiary/aromatic N) is 2. The number of anilines is 1. The van der Waals surface area contributed by atoms with E-state index in [0.29, 0.717) is 17.9 Å². The van der Waals surface area contributed by atoms with E-state index in [-0.39, 0.29) is 5.91 Å². The molecule has 2 heterocycles. The van der Waals surface area contributed by atoms with Crippen LogP contribution in [0.25, 0.3) is 0 Å². The maximum atomic E-state index is 12.0. The number of carbonyl (C=O) groups excluding carboxylic acids is 1. The van der Waals surface area contributed by atoms with Crippen molar-refractivity contribution in [1.29, 1.82) is 0 Å². The number of amides is 1. The molecule has 1 aromatic heterocycles. The summed E-state index contributed by atoms with van der Waals surface area (Å²) in [6, 6.07) is 7.44. The van der Waals surface area contributed by atoms with Crippen molar-refractivity contribution in [3.8, 4) is 0 Å². The van der Waals surface area contributed by atoms with Crippen LogP contribution in [0.4, 0.5) is 5.82 Å². The molecule has 1 N–H and O–H groups in total. The number of nitrogens with one attached hydrogen (secondary N) is 1. The van der Waals surface area contributed by atoms with Crippen LogP contribution in [0.15, 0.2) is 34.9 Å². The monoisotopic (exact) mass is 379 g/mol. The molecular weight excluding hydrogens is 366 g/mol. The second kappa shape index (κ2) is 6.26. The Kier molecular flexibility index (Phi) is 4.36. The lowest BCUT2D eigenvalue weighted by atomic mass is 9.99. The fraction of sp³-hybridized carbons (Fsp3) is 0.250. The second-order valence-corrected chi connectivity index (χ2v) is 6.37. The summed E-state index contributed by atoms with van der Waals surface area (Å²) in [7, 11) is 1.62. The van der Waals surface area contributed by atoms with Gasteiger partial charge in [-0.1, -0.05) is 27.5 Å². The van der Waals surface area contributed by atoms with Crippen molar-refractivity contribution in [1.82, 2.24) is 10.3 Å². The molecule has 1 aromatic carbocycles. The van der Waals surface area contributed by atoms with Crippen LogP contribution in [-0.4, -0.2) is 24.5 Å². The number of carbonyl (C=O) groups is 1. The Morgan fingerprint density at radius 2 is 2.18 bits per heavy atom. The molecule has 22 heavy (non-hydrogen) atoms. The van der Waals surface area contributed by atoms with Gasteiger partial charge >= 0.3 is 0 Å². The minimum Gasteiger partial charge on any atom is -0.355 e.